The van der Waals surface area contributed by atoms with Crippen LogP contribution < -0.4 is 0 Å². The summed E-state index contributed by atoms with van der Waals surface area (Å²) in [5, 5.41) is 7.85. The third kappa shape index (κ3) is 3.18. The highest BCUT2D eigenvalue weighted by atomic mass is 16.1. The van der Waals surface area contributed by atoms with E-state index < -0.39 is 0 Å². The van der Waals surface area contributed by atoms with Gasteiger partial charge in [0.25, 0.3) is 0 Å². The fourth-order valence-corrected chi connectivity index (χ4v) is 2.91. The van der Waals surface area contributed by atoms with E-state index in [4.69, 9.17) is 0 Å². The standard InChI is InChI=1S/C14H23N3O/c1-10(2)11-4-6-12(7-5-11)14(18)8-13-9-17(3)16-15-13/h9-12H,4-8H2,1-3H3. The highest BCUT2D eigenvalue weighted by molar-refractivity contribution is 5.82. The molecule has 0 amide bonds. The van der Waals surface area contributed by atoms with Crippen LogP contribution in [0, 0.1) is 17.8 Å². The minimum Gasteiger partial charge on any atom is -0.299 e. The summed E-state index contributed by atoms with van der Waals surface area (Å²) in [6.07, 6.45) is 6.80. The van der Waals surface area contributed by atoms with Gasteiger partial charge in [-0.3, -0.25) is 9.48 Å². The predicted octanol–water partition coefficient (Wildman–Crippen LogP) is 2.39. The molecular formula is C14H23N3O. The molecule has 100 valence electrons. The normalized spacial score (nSPS) is 24.4. The number of ketones is 1. The number of carbonyl (C=O) groups is 1. The van der Waals surface area contributed by atoms with E-state index in [1.165, 1.54) is 12.8 Å². The first-order valence-electron chi connectivity index (χ1n) is 6.94. The van der Waals surface area contributed by atoms with Gasteiger partial charge in [0.1, 0.15) is 5.78 Å². The van der Waals surface area contributed by atoms with Gasteiger partial charge in [0, 0.05) is 19.2 Å². The van der Waals surface area contributed by atoms with Gasteiger partial charge in [-0.15, -0.1) is 5.10 Å². The second kappa shape index (κ2) is 5.63. The zero-order valence-electron chi connectivity index (χ0n) is 11.6. The molecule has 0 saturated heterocycles. The monoisotopic (exact) mass is 249 g/mol. The van der Waals surface area contributed by atoms with Crippen LogP contribution in [0.4, 0.5) is 0 Å². The summed E-state index contributed by atoms with van der Waals surface area (Å²) in [7, 11) is 1.83. The van der Waals surface area contributed by atoms with Crippen molar-refractivity contribution in [2.45, 2.75) is 46.0 Å². The van der Waals surface area contributed by atoms with Crippen molar-refractivity contribution >= 4 is 5.78 Å². The molecule has 1 heterocycles. The van der Waals surface area contributed by atoms with Crippen molar-refractivity contribution in [3.05, 3.63) is 11.9 Å². The molecule has 0 bridgehead atoms. The summed E-state index contributed by atoms with van der Waals surface area (Å²) in [6.45, 7) is 4.57. The number of hydrogen-bond donors (Lipinski definition) is 0. The Morgan fingerprint density at radius 3 is 2.56 bits per heavy atom. The maximum atomic E-state index is 12.2. The molecule has 1 fully saturated rings. The van der Waals surface area contributed by atoms with Crippen LogP contribution in [-0.4, -0.2) is 20.8 Å². The molecule has 0 spiro atoms. The molecule has 0 unspecified atom stereocenters. The van der Waals surface area contributed by atoms with Gasteiger partial charge in [-0.1, -0.05) is 19.1 Å². The Morgan fingerprint density at radius 1 is 1.39 bits per heavy atom. The van der Waals surface area contributed by atoms with E-state index in [9.17, 15) is 4.79 Å². The number of Topliss-reactive ketones (excluding diaryl/α,β-unsaturated/α-hetero) is 1. The Kier molecular flexibility index (Phi) is 4.15. The first-order valence-corrected chi connectivity index (χ1v) is 6.94. The molecule has 1 aromatic rings. The average Bonchev–Trinajstić information content (AvgIpc) is 2.75. The SMILES string of the molecule is CC(C)C1CCC(C(=O)Cc2cn(C)nn2)CC1. The van der Waals surface area contributed by atoms with E-state index in [0.29, 0.717) is 12.2 Å². The summed E-state index contributed by atoms with van der Waals surface area (Å²) < 4.78 is 1.65. The van der Waals surface area contributed by atoms with Crippen LogP contribution >= 0.6 is 0 Å². The lowest BCUT2D eigenvalue weighted by Crippen LogP contribution is -2.25. The second-order valence-corrected chi connectivity index (χ2v) is 5.88. The Morgan fingerprint density at radius 2 is 2.06 bits per heavy atom. The molecule has 0 atom stereocenters. The van der Waals surface area contributed by atoms with Crippen molar-refractivity contribution in [1.82, 2.24) is 15.0 Å². The van der Waals surface area contributed by atoms with Gasteiger partial charge < -0.3 is 0 Å². The first-order chi connectivity index (χ1) is 8.56. The van der Waals surface area contributed by atoms with Crippen molar-refractivity contribution in [2.75, 3.05) is 0 Å². The van der Waals surface area contributed by atoms with Crippen LogP contribution in [0.25, 0.3) is 0 Å². The maximum absolute atomic E-state index is 12.2. The van der Waals surface area contributed by atoms with E-state index in [1.54, 1.807) is 4.68 Å². The Hall–Kier alpha value is -1.19. The second-order valence-electron chi connectivity index (χ2n) is 5.88. The van der Waals surface area contributed by atoms with Crippen molar-refractivity contribution < 1.29 is 4.79 Å². The van der Waals surface area contributed by atoms with Gasteiger partial charge in [0.2, 0.25) is 0 Å². The van der Waals surface area contributed by atoms with Crippen LogP contribution in [-0.2, 0) is 18.3 Å². The van der Waals surface area contributed by atoms with Crippen molar-refractivity contribution in [3.8, 4) is 0 Å². The lowest BCUT2D eigenvalue weighted by molar-refractivity contribution is -0.123. The summed E-state index contributed by atoms with van der Waals surface area (Å²) in [5.74, 6) is 2.16. The zero-order valence-corrected chi connectivity index (χ0v) is 11.6. The summed E-state index contributed by atoms with van der Waals surface area (Å²) >= 11 is 0. The van der Waals surface area contributed by atoms with Gasteiger partial charge >= 0.3 is 0 Å². The number of hydrogen-bond acceptors (Lipinski definition) is 3. The average molecular weight is 249 g/mol. The van der Waals surface area contributed by atoms with Crippen molar-refractivity contribution in [3.63, 3.8) is 0 Å². The van der Waals surface area contributed by atoms with Gasteiger partial charge in [-0.2, -0.15) is 0 Å². The van der Waals surface area contributed by atoms with Crippen LogP contribution in [0.15, 0.2) is 6.20 Å². The fraction of sp³-hybridized carbons (Fsp3) is 0.786. The largest absolute Gasteiger partial charge is 0.299 e. The van der Waals surface area contributed by atoms with Gasteiger partial charge in [-0.25, -0.2) is 0 Å². The molecule has 1 aromatic heterocycles. The lowest BCUT2D eigenvalue weighted by atomic mass is 9.75. The zero-order chi connectivity index (χ0) is 13.1. The minimum atomic E-state index is 0.252. The quantitative estimate of drug-likeness (QED) is 0.823. The van der Waals surface area contributed by atoms with E-state index >= 15 is 0 Å². The molecular weight excluding hydrogens is 226 g/mol. The number of rotatable bonds is 4. The Bertz CT molecular complexity index is 403. The van der Waals surface area contributed by atoms with E-state index in [0.717, 1.165) is 30.4 Å². The first kappa shape index (κ1) is 13.2. The Balaban J connectivity index is 1.84. The van der Waals surface area contributed by atoms with E-state index in [1.807, 2.05) is 13.2 Å². The molecule has 0 N–H and O–H groups in total. The fourth-order valence-electron chi connectivity index (χ4n) is 2.91. The molecule has 0 radical (unpaired) electrons. The molecule has 4 heteroatoms. The van der Waals surface area contributed by atoms with Gasteiger partial charge in [0.05, 0.1) is 12.1 Å². The molecule has 1 saturated carbocycles. The van der Waals surface area contributed by atoms with Crippen molar-refractivity contribution in [1.29, 1.82) is 0 Å². The van der Waals surface area contributed by atoms with E-state index in [-0.39, 0.29) is 5.92 Å². The number of nitrogens with zero attached hydrogens (tertiary/aromatic N) is 3. The number of aryl methyl sites for hydroxylation is 1. The van der Waals surface area contributed by atoms with E-state index in [2.05, 4.69) is 24.2 Å². The maximum Gasteiger partial charge on any atom is 0.142 e. The highest BCUT2D eigenvalue weighted by Gasteiger charge is 2.27. The van der Waals surface area contributed by atoms with Crippen LogP contribution in [0.3, 0.4) is 0 Å². The van der Waals surface area contributed by atoms with Crippen molar-refractivity contribution in [2.24, 2.45) is 24.8 Å². The highest BCUT2D eigenvalue weighted by Crippen LogP contribution is 2.33. The molecule has 4 nitrogen and oxygen atoms in total. The van der Waals surface area contributed by atoms with Crippen LogP contribution in [0.1, 0.15) is 45.2 Å². The molecule has 0 aliphatic heterocycles. The molecule has 0 aromatic carbocycles. The molecule has 18 heavy (non-hydrogen) atoms. The van der Waals surface area contributed by atoms with Gasteiger partial charge in [0.15, 0.2) is 0 Å². The summed E-state index contributed by atoms with van der Waals surface area (Å²) in [5.41, 5.74) is 0.800. The molecule has 2 rings (SSSR count). The van der Waals surface area contributed by atoms with Crippen LogP contribution in [0.5, 0.6) is 0 Å². The number of aromatic nitrogens is 3. The lowest BCUT2D eigenvalue weighted by Gasteiger charge is -2.29. The smallest absolute Gasteiger partial charge is 0.142 e. The number of carbonyl (C=O) groups excluding carboxylic acids is 1. The molecule has 1 aliphatic carbocycles. The topological polar surface area (TPSA) is 47.8 Å². The summed E-state index contributed by atoms with van der Waals surface area (Å²) in [4.78, 5) is 12.2. The Labute approximate surface area is 109 Å². The summed E-state index contributed by atoms with van der Waals surface area (Å²) in [6, 6.07) is 0. The minimum absolute atomic E-state index is 0.252. The third-order valence-electron chi connectivity index (χ3n) is 4.18. The predicted molar refractivity (Wildman–Crippen MR) is 70.0 cm³/mol. The van der Waals surface area contributed by atoms with Crippen LogP contribution in [0.2, 0.25) is 0 Å². The molecule has 1 aliphatic rings. The third-order valence-corrected chi connectivity index (χ3v) is 4.18. The van der Waals surface area contributed by atoms with Gasteiger partial charge in [-0.05, 0) is 37.5 Å².